The summed E-state index contributed by atoms with van der Waals surface area (Å²) in [6, 6.07) is 18.0. The van der Waals surface area contributed by atoms with Gasteiger partial charge >= 0.3 is 6.09 Å². The van der Waals surface area contributed by atoms with Gasteiger partial charge in [-0.05, 0) is 60.7 Å². The van der Waals surface area contributed by atoms with Crippen LogP contribution in [0.1, 0.15) is 29.5 Å². The maximum Gasteiger partial charge on any atom is 0.407 e. The van der Waals surface area contributed by atoms with Crippen LogP contribution in [0.25, 0.3) is 17.1 Å². The van der Waals surface area contributed by atoms with Gasteiger partial charge in [-0.25, -0.2) is 18.6 Å². The Morgan fingerprint density at radius 3 is 2.77 bits per heavy atom. The van der Waals surface area contributed by atoms with Gasteiger partial charge < -0.3 is 24.8 Å². The lowest BCUT2D eigenvalue weighted by Gasteiger charge is -2.34. The van der Waals surface area contributed by atoms with Gasteiger partial charge in [0.15, 0.2) is 0 Å². The Morgan fingerprint density at radius 2 is 1.98 bits per heavy atom. The first-order valence-electron chi connectivity index (χ1n) is 14.2. The van der Waals surface area contributed by atoms with E-state index in [1.807, 2.05) is 42.5 Å². The number of carbonyl (C=O) groups is 1. The lowest BCUT2D eigenvalue weighted by molar-refractivity contribution is -0.0228. The predicted octanol–water partition coefficient (Wildman–Crippen LogP) is 5.60. The number of nitrogens with zero attached hydrogens (tertiary/aromatic N) is 2. The van der Waals surface area contributed by atoms with E-state index in [1.165, 1.54) is 0 Å². The summed E-state index contributed by atoms with van der Waals surface area (Å²) >= 11 is 0. The summed E-state index contributed by atoms with van der Waals surface area (Å²) < 4.78 is 44.4. The van der Waals surface area contributed by atoms with Crippen molar-refractivity contribution in [2.75, 3.05) is 20.3 Å². The number of alkyl carbamates (subject to hydrolysis) is 1. The number of pyridine rings is 2. The van der Waals surface area contributed by atoms with E-state index in [4.69, 9.17) is 14.2 Å². The first-order valence-corrected chi connectivity index (χ1v) is 14.2. The molecule has 4 aromatic rings. The molecule has 1 unspecified atom stereocenters. The van der Waals surface area contributed by atoms with Crippen molar-refractivity contribution in [2.45, 2.75) is 44.1 Å². The molecular weight excluding hydrogens is 554 g/mol. The molecule has 1 saturated heterocycles. The van der Waals surface area contributed by atoms with Crippen molar-refractivity contribution in [3.8, 4) is 5.88 Å². The second-order valence-corrected chi connectivity index (χ2v) is 10.3. The van der Waals surface area contributed by atoms with Gasteiger partial charge in [-0.15, -0.1) is 0 Å². The van der Waals surface area contributed by atoms with Crippen LogP contribution < -0.4 is 15.4 Å². The molecule has 0 saturated carbocycles. The molecule has 10 heteroatoms. The molecule has 0 bridgehead atoms. The number of amides is 1. The largest absolute Gasteiger partial charge is 0.481 e. The van der Waals surface area contributed by atoms with E-state index in [0.717, 1.165) is 41.3 Å². The van der Waals surface area contributed by atoms with E-state index in [2.05, 4.69) is 20.6 Å². The molecule has 3 atom stereocenters. The molecule has 224 valence electrons. The number of halogens is 2. The SMILES string of the molecule is COc1ccc2nccc(CC(NC(=O)OCc3ccccc3)[C@@H]3CC[C@@H](NC/C=C/c4cc(F)ccc4F)CO3)c2n1. The first kappa shape index (κ1) is 30.1. The van der Waals surface area contributed by atoms with Gasteiger partial charge in [0.05, 0.1) is 36.9 Å². The molecule has 2 aromatic heterocycles. The monoisotopic (exact) mass is 588 g/mol. The van der Waals surface area contributed by atoms with Crippen molar-refractivity contribution < 1.29 is 27.8 Å². The number of hydrogen-bond acceptors (Lipinski definition) is 7. The van der Waals surface area contributed by atoms with Crippen molar-refractivity contribution in [2.24, 2.45) is 0 Å². The van der Waals surface area contributed by atoms with Gasteiger partial charge in [0.1, 0.15) is 18.2 Å². The van der Waals surface area contributed by atoms with E-state index in [-0.39, 0.29) is 24.3 Å². The fourth-order valence-corrected chi connectivity index (χ4v) is 5.08. The van der Waals surface area contributed by atoms with E-state index in [9.17, 15) is 13.6 Å². The molecule has 5 rings (SSSR count). The minimum Gasteiger partial charge on any atom is -0.481 e. The van der Waals surface area contributed by atoms with Gasteiger partial charge in [0.25, 0.3) is 0 Å². The van der Waals surface area contributed by atoms with E-state index in [1.54, 1.807) is 31.5 Å². The number of fused-ring (bicyclic) bond motifs is 1. The van der Waals surface area contributed by atoms with E-state index < -0.39 is 23.8 Å². The van der Waals surface area contributed by atoms with Gasteiger partial charge in [-0.3, -0.25) is 4.98 Å². The maximum absolute atomic E-state index is 13.9. The van der Waals surface area contributed by atoms with Crippen LogP contribution in [0.4, 0.5) is 13.6 Å². The van der Waals surface area contributed by atoms with Gasteiger partial charge in [-0.1, -0.05) is 42.5 Å². The molecule has 8 nitrogen and oxygen atoms in total. The third-order valence-electron chi connectivity index (χ3n) is 7.35. The third kappa shape index (κ3) is 8.33. The summed E-state index contributed by atoms with van der Waals surface area (Å²) in [5, 5.41) is 6.41. The number of ether oxygens (including phenoxy) is 3. The molecule has 1 aliphatic heterocycles. The van der Waals surface area contributed by atoms with Gasteiger partial charge in [0.2, 0.25) is 5.88 Å². The minimum absolute atomic E-state index is 0.0663. The van der Waals surface area contributed by atoms with Crippen LogP contribution in [-0.2, 0) is 22.5 Å². The highest BCUT2D eigenvalue weighted by Crippen LogP contribution is 2.24. The lowest BCUT2D eigenvalue weighted by Crippen LogP contribution is -2.50. The average Bonchev–Trinajstić information content (AvgIpc) is 3.04. The zero-order valence-corrected chi connectivity index (χ0v) is 23.8. The Morgan fingerprint density at radius 1 is 1.12 bits per heavy atom. The van der Waals surface area contributed by atoms with Crippen LogP contribution in [0.2, 0.25) is 0 Å². The summed E-state index contributed by atoms with van der Waals surface area (Å²) in [6.07, 6.45) is 6.17. The van der Waals surface area contributed by atoms with Crippen molar-refractivity contribution in [1.29, 1.82) is 0 Å². The van der Waals surface area contributed by atoms with Crippen LogP contribution in [0.3, 0.4) is 0 Å². The van der Waals surface area contributed by atoms with Crippen LogP contribution in [0.15, 0.2) is 79.0 Å². The van der Waals surface area contributed by atoms with Crippen molar-refractivity contribution >= 4 is 23.2 Å². The quantitative estimate of drug-likeness (QED) is 0.235. The Labute approximate surface area is 249 Å². The third-order valence-corrected chi connectivity index (χ3v) is 7.35. The number of nitrogens with one attached hydrogen (secondary N) is 2. The number of benzene rings is 2. The summed E-state index contributed by atoms with van der Waals surface area (Å²) in [5.74, 6) is -0.481. The molecule has 2 aromatic carbocycles. The molecule has 1 amide bonds. The van der Waals surface area contributed by atoms with Crippen LogP contribution in [-0.4, -0.2) is 54.5 Å². The van der Waals surface area contributed by atoms with Crippen LogP contribution in [0, 0.1) is 11.6 Å². The lowest BCUT2D eigenvalue weighted by atomic mass is 9.94. The molecule has 1 aliphatic rings. The van der Waals surface area contributed by atoms with E-state index in [0.29, 0.717) is 37.4 Å². The zero-order valence-electron chi connectivity index (χ0n) is 23.8. The number of rotatable bonds is 11. The summed E-state index contributed by atoms with van der Waals surface area (Å²) in [5.41, 5.74) is 3.41. The molecular formula is C33H34F2N4O4. The molecule has 0 radical (unpaired) electrons. The second kappa shape index (κ2) is 14.7. The molecule has 2 N–H and O–H groups in total. The molecule has 3 heterocycles. The normalized spacial score (nSPS) is 17.6. The zero-order chi connectivity index (χ0) is 30.0. The predicted molar refractivity (Wildman–Crippen MR) is 160 cm³/mol. The fourth-order valence-electron chi connectivity index (χ4n) is 5.08. The van der Waals surface area contributed by atoms with Crippen molar-refractivity contribution in [1.82, 2.24) is 20.6 Å². The Bertz CT molecular complexity index is 1540. The van der Waals surface area contributed by atoms with Crippen molar-refractivity contribution in [3.05, 3.63) is 107 Å². The van der Waals surface area contributed by atoms with Crippen LogP contribution >= 0.6 is 0 Å². The number of aromatic nitrogens is 2. The standard InChI is InChI=1S/C33H34F2N4O4/c1-41-31-14-12-28-32(39-31)24(15-17-37-28)19-29(38-33(40)43-20-22-6-3-2-4-7-22)30-13-10-26(21-42-30)36-16-5-8-23-18-25(34)9-11-27(23)35/h2-9,11-12,14-15,17-18,26,29-30,36H,10,13,16,19-21H2,1H3,(H,38,40)/b8-5+/t26-,29?,30+/m1/s1. The van der Waals surface area contributed by atoms with Crippen molar-refractivity contribution in [3.63, 3.8) is 0 Å². The number of hydrogen-bond donors (Lipinski definition) is 2. The van der Waals surface area contributed by atoms with Gasteiger partial charge in [0, 0.05) is 30.4 Å². The summed E-state index contributed by atoms with van der Waals surface area (Å²) in [6.45, 7) is 1.05. The highest BCUT2D eigenvalue weighted by atomic mass is 19.1. The molecule has 43 heavy (non-hydrogen) atoms. The Kier molecular flexibility index (Phi) is 10.2. The molecule has 0 spiro atoms. The summed E-state index contributed by atoms with van der Waals surface area (Å²) in [4.78, 5) is 21.9. The van der Waals surface area contributed by atoms with E-state index >= 15 is 0 Å². The molecule has 0 aliphatic carbocycles. The summed E-state index contributed by atoms with van der Waals surface area (Å²) in [7, 11) is 1.56. The second-order valence-electron chi connectivity index (χ2n) is 10.3. The topological polar surface area (TPSA) is 94.6 Å². The fraction of sp³-hybridized carbons (Fsp3) is 0.303. The van der Waals surface area contributed by atoms with Crippen LogP contribution in [0.5, 0.6) is 5.88 Å². The van der Waals surface area contributed by atoms with Gasteiger partial charge in [-0.2, -0.15) is 0 Å². The Balaban J connectivity index is 1.23. The first-order chi connectivity index (χ1) is 21.0. The molecule has 1 fully saturated rings. The Hall–Kier alpha value is -4.41. The number of methoxy groups -OCH3 is 1. The smallest absolute Gasteiger partial charge is 0.407 e. The highest BCUT2D eigenvalue weighted by Gasteiger charge is 2.30. The average molecular weight is 589 g/mol. The maximum atomic E-state index is 13.9. The minimum atomic E-state index is -0.531. The highest BCUT2D eigenvalue weighted by molar-refractivity contribution is 5.78. The number of carbonyl (C=O) groups excluding carboxylic acids is 1.